The predicted molar refractivity (Wildman–Crippen MR) is 95.3 cm³/mol. The average Bonchev–Trinajstić information content (AvgIpc) is 2.45. The van der Waals surface area contributed by atoms with Crippen LogP contribution in [0.1, 0.15) is 67.2 Å². The van der Waals surface area contributed by atoms with E-state index in [1.807, 2.05) is 25.7 Å². The lowest BCUT2D eigenvalue weighted by Gasteiger charge is -2.39. The molecule has 0 aromatic rings. The number of nitrogens with zero attached hydrogens (tertiary/aromatic N) is 1. The van der Waals surface area contributed by atoms with E-state index in [0.717, 1.165) is 37.8 Å². The third kappa shape index (κ3) is 4.99. The topological polar surface area (TPSA) is 29.5 Å². The number of rotatable bonds is 2. The van der Waals surface area contributed by atoms with Crippen LogP contribution in [0, 0.1) is 23.7 Å². The lowest BCUT2D eigenvalue weighted by Crippen LogP contribution is -2.42. The summed E-state index contributed by atoms with van der Waals surface area (Å²) in [6.45, 7) is 14.5. The van der Waals surface area contributed by atoms with Crippen LogP contribution in [0.2, 0.25) is 0 Å². The lowest BCUT2D eigenvalue weighted by atomic mass is 9.70. The van der Waals surface area contributed by atoms with Crippen molar-refractivity contribution in [2.24, 2.45) is 23.7 Å². The van der Waals surface area contributed by atoms with E-state index in [4.69, 9.17) is 4.74 Å². The number of likely N-dealkylation sites (tertiary alicyclic amines) is 1. The van der Waals surface area contributed by atoms with E-state index >= 15 is 0 Å². The fourth-order valence-electron chi connectivity index (χ4n) is 4.02. The normalized spacial score (nSPS) is 27.1. The minimum atomic E-state index is -0.405. The summed E-state index contributed by atoms with van der Waals surface area (Å²) in [4.78, 5) is 14.1. The van der Waals surface area contributed by atoms with Crippen molar-refractivity contribution in [3.05, 3.63) is 11.6 Å². The molecular formula is C20H35NO2. The number of allylic oxidation sites excluding steroid dienone is 2. The van der Waals surface area contributed by atoms with Crippen LogP contribution >= 0.6 is 0 Å². The van der Waals surface area contributed by atoms with Crippen LogP contribution in [0.15, 0.2) is 11.6 Å². The molecule has 2 aliphatic rings. The molecule has 0 saturated carbocycles. The lowest BCUT2D eigenvalue weighted by molar-refractivity contribution is 0.0189. The predicted octanol–water partition coefficient (Wildman–Crippen LogP) is 5.26. The Kier molecular flexibility index (Phi) is 5.80. The summed E-state index contributed by atoms with van der Waals surface area (Å²) in [5.74, 6) is 2.83. The van der Waals surface area contributed by atoms with Gasteiger partial charge < -0.3 is 9.64 Å². The minimum absolute atomic E-state index is 0.151. The number of amides is 1. The van der Waals surface area contributed by atoms with Gasteiger partial charge in [-0.05, 0) is 70.1 Å². The van der Waals surface area contributed by atoms with Crippen molar-refractivity contribution in [2.75, 3.05) is 13.1 Å². The summed E-state index contributed by atoms with van der Waals surface area (Å²) in [6.07, 6.45) is 7.21. The Morgan fingerprint density at radius 2 is 1.78 bits per heavy atom. The Labute approximate surface area is 142 Å². The van der Waals surface area contributed by atoms with Crippen molar-refractivity contribution in [3.8, 4) is 0 Å². The highest BCUT2D eigenvalue weighted by Crippen LogP contribution is 2.40. The first-order chi connectivity index (χ1) is 10.7. The minimum Gasteiger partial charge on any atom is -0.444 e. The third-order valence-corrected chi connectivity index (χ3v) is 5.26. The molecule has 1 saturated heterocycles. The molecule has 23 heavy (non-hydrogen) atoms. The van der Waals surface area contributed by atoms with E-state index in [2.05, 4.69) is 26.8 Å². The van der Waals surface area contributed by atoms with Crippen molar-refractivity contribution >= 4 is 6.09 Å². The van der Waals surface area contributed by atoms with Crippen LogP contribution in [0.3, 0.4) is 0 Å². The Morgan fingerprint density at radius 3 is 2.30 bits per heavy atom. The highest BCUT2D eigenvalue weighted by molar-refractivity contribution is 5.68. The molecule has 1 aliphatic carbocycles. The summed E-state index contributed by atoms with van der Waals surface area (Å²) < 4.78 is 5.51. The smallest absolute Gasteiger partial charge is 0.410 e. The number of hydrogen-bond acceptors (Lipinski definition) is 2. The van der Waals surface area contributed by atoms with Crippen LogP contribution in [0.5, 0.6) is 0 Å². The van der Waals surface area contributed by atoms with Crippen molar-refractivity contribution in [1.82, 2.24) is 4.90 Å². The first kappa shape index (κ1) is 18.4. The monoisotopic (exact) mass is 321 g/mol. The maximum Gasteiger partial charge on any atom is 0.410 e. The van der Waals surface area contributed by atoms with E-state index in [0.29, 0.717) is 11.8 Å². The molecule has 3 nitrogen and oxygen atoms in total. The van der Waals surface area contributed by atoms with Crippen molar-refractivity contribution in [3.63, 3.8) is 0 Å². The summed E-state index contributed by atoms with van der Waals surface area (Å²) in [5, 5.41) is 0. The van der Waals surface area contributed by atoms with Crippen LogP contribution in [-0.2, 0) is 4.74 Å². The van der Waals surface area contributed by atoms with Gasteiger partial charge in [-0.15, -0.1) is 0 Å². The summed E-state index contributed by atoms with van der Waals surface area (Å²) in [7, 11) is 0. The standard InChI is InChI=1S/C20H35NO2/c1-14(2)17-8-7-15(3)13-18(17)16-9-11-21(12-10-16)19(22)23-20(4,5)6/h13-17H,7-12H2,1-6H3/t15-,17+/m1/s1. The molecule has 1 fully saturated rings. The van der Waals surface area contributed by atoms with Gasteiger partial charge in [-0.3, -0.25) is 0 Å². The molecule has 1 aliphatic heterocycles. The molecule has 1 heterocycles. The Balaban J connectivity index is 1.96. The Morgan fingerprint density at radius 1 is 1.17 bits per heavy atom. The van der Waals surface area contributed by atoms with Gasteiger partial charge >= 0.3 is 6.09 Å². The Bertz CT molecular complexity index is 439. The van der Waals surface area contributed by atoms with Crippen LogP contribution in [-0.4, -0.2) is 29.7 Å². The number of carbonyl (C=O) groups excluding carboxylic acids is 1. The van der Waals surface area contributed by atoms with Gasteiger partial charge in [0.25, 0.3) is 0 Å². The first-order valence-corrected chi connectivity index (χ1v) is 9.37. The fraction of sp³-hybridized carbons (Fsp3) is 0.850. The highest BCUT2D eigenvalue weighted by Gasteiger charge is 2.33. The molecule has 0 N–H and O–H groups in total. The zero-order valence-electron chi connectivity index (χ0n) is 15.9. The molecule has 0 aromatic heterocycles. The van der Waals surface area contributed by atoms with Crippen molar-refractivity contribution in [1.29, 1.82) is 0 Å². The first-order valence-electron chi connectivity index (χ1n) is 9.37. The molecule has 3 heteroatoms. The highest BCUT2D eigenvalue weighted by atomic mass is 16.6. The quantitative estimate of drug-likeness (QED) is 0.649. The van der Waals surface area contributed by atoms with Gasteiger partial charge in [-0.25, -0.2) is 4.79 Å². The van der Waals surface area contributed by atoms with E-state index in [1.54, 1.807) is 5.57 Å². The summed E-state index contributed by atoms with van der Waals surface area (Å²) in [5.41, 5.74) is 1.28. The zero-order chi connectivity index (χ0) is 17.2. The molecule has 2 atom stereocenters. The van der Waals surface area contributed by atoms with E-state index < -0.39 is 5.60 Å². The number of hydrogen-bond donors (Lipinski definition) is 0. The second kappa shape index (κ2) is 7.27. The molecule has 0 radical (unpaired) electrons. The van der Waals surface area contributed by atoms with Gasteiger partial charge in [0.2, 0.25) is 0 Å². The fourth-order valence-corrected chi connectivity index (χ4v) is 4.02. The van der Waals surface area contributed by atoms with Gasteiger partial charge in [-0.1, -0.05) is 32.4 Å². The number of ether oxygens (including phenoxy) is 1. The Hall–Kier alpha value is -0.990. The maximum absolute atomic E-state index is 12.2. The molecule has 2 rings (SSSR count). The summed E-state index contributed by atoms with van der Waals surface area (Å²) >= 11 is 0. The zero-order valence-corrected chi connectivity index (χ0v) is 15.9. The van der Waals surface area contributed by atoms with Crippen molar-refractivity contribution < 1.29 is 9.53 Å². The van der Waals surface area contributed by atoms with Crippen LogP contribution in [0.25, 0.3) is 0 Å². The third-order valence-electron chi connectivity index (χ3n) is 5.26. The molecule has 0 unspecified atom stereocenters. The average molecular weight is 322 g/mol. The second-order valence-corrected chi connectivity index (χ2v) is 8.81. The summed E-state index contributed by atoms with van der Waals surface area (Å²) in [6, 6.07) is 0. The van der Waals surface area contributed by atoms with E-state index in [9.17, 15) is 4.79 Å². The second-order valence-electron chi connectivity index (χ2n) is 8.81. The van der Waals surface area contributed by atoms with Crippen LogP contribution < -0.4 is 0 Å². The molecule has 0 spiro atoms. The molecular weight excluding hydrogens is 286 g/mol. The molecule has 1 amide bonds. The molecule has 0 aromatic carbocycles. The van der Waals surface area contributed by atoms with E-state index in [1.165, 1.54) is 12.8 Å². The number of piperidine rings is 1. The molecule has 0 bridgehead atoms. The SMILES string of the molecule is CC(C)[C@@H]1CC[C@@H](C)C=C1C1CCN(C(=O)OC(C)(C)C)CC1. The van der Waals surface area contributed by atoms with Gasteiger partial charge in [0.15, 0.2) is 0 Å². The van der Waals surface area contributed by atoms with Crippen LogP contribution in [0.4, 0.5) is 4.79 Å². The largest absolute Gasteiger partial charge is 0.444 e. The van der Waals surface area contributed by atoms with E-state index in [-0.39, 0.29) is 6.09 Å². The van der Waals surface area contributed by atoms with Crippen molar-refractivity contribution in [2.45, 2.75) is 72.8 Å². The maximum atomic E-state index is 12.2. The van der Waals surface area contributed by atoms with Gasteiger partial charge in [0.05, 0.1) is 0 Å². The number of carbonyl (C=O) groups is 1. The molecule has 132 valence electrons. The van der Waals surface area contributed by atoms with Gasteiger partial charge in [0.1, 0.15) is 5.60 Å². The van der Waals surface area contributed by atoms with Gasteiger partial charge in [-0.2, -0.15) is 0 Å². The van der Waals surface area contributed by atoms with Gasteiger partial charge in [0, 0.05) is 13.1 Å².